The topological polar surface area (TPSA) is 66.9 Å². The second-order valence-corrected chi connectivity index (χ2v) is 6.59. The smallest absolute Gasteiger partial charge is 0.312 e. The van der Waals surface area contributed by atoms with Crippen LogP contribution in [0.4, 0.5) is 0 Å². The van der Waals surface area contributed by atoms with Gasteiger partial charge < -0.3 is 14.5 Å². The summed E-state index contributed by atoms with van der Waals surface area (Å²) in [6.45, 7) is 3.90. The molecule has 0 aromatic heterocycles. The first-order valence-corrected chi connectivity index (χ1v) is 8.91. The summed E-state index contributed by atoms with van der Waals surface area (Å²) < 4.78 is 5.05. The fraction of sp³-hybridized carbons (Fsp3) is 0.526. The van der Waals surface area contributed by atoms with E-state index in [0.717, 1.165) is 12.0 Å². The van der Waals surface area contributed by atoms with Crippen molar-refractivity contribution in [1.29, 1.82) is 0 Å². The number of carbonyl (C=O) groups excluding carboxylic acids is 3. The molecule has 1 fully saturated rings. The highest BCUT2D eigenvalue weighted by Gasteiger charge is 2.34. The van der Waals surface area contributed by atoms with Crippen molar-refractivity contribution in [1.82, 2.24) is 9.80 Å². The van der Waals surface area contributed by atoms with Crippen molar-refractivity contribution < 1.29 is 19.1 Å². The minimum Gasteiger partial charge on any atom is -0.466 e. The molecule has 0 bridgehead atoms. The first-order chi connectivity index (χ1) is 12.1. The molecule has 0 saturated carbocycles. The summed E-state index contributed by atoms with van der Waals surface area (Å²) in [7, 11) is 0. The molecule has 1 unspecified atom stereocenters. The molecule has 3 rings (SSSR count). The summed E-state index contributed by atoms with van der Waals surface area (Å²) in [6, 6.07) is 8.00. The maximum atomic E-state index is 12.6. The Morgan fingerprint density at radius 1 is 1.08 bits per heavy atom. The van der Waals surface area contributed by atoms with Crippen LogP contribution >= 0.6 is 0 Å². The highest BCUT2D eigenvalue weighted by Crippen LogP contribution is 2.21. The van der Waals surface area contributed by atoms with E-state index >= 15 is 0 Å². The monoisotopic (exact) mass is 344 g/mol. The lowest BCUT2D eigenvalue weighted by atomic mass is 9.97. The van der Waals surface area contributed by atoms with E-state index in [4.69, 9.17) is 4.74 Å². The maximum Gasteiger partial charge on any atom is 0.312 e. The van der Waals surface area contributed by atoms with Crippen molar-refractivity contribution in [3.05, 3.63) is 35.4 Å². The van der Waals surface area contributed by atoms with Crippen molar-refractivity contribution in [2.24, 2.45) is 5.92 Å². The number of carbonyl (C=O) groups is 3. The number of likely N-dealkylation sites (tertiary alicyclic amines) is 1. The first kappa shape index (κ1) is 17.5. The lowest BCUT2D eigenvalue weighted by molar-refractivity contribution is -0.157. The molecule has 6 nitrogen and oxygen atoms in total. The Morgan fingerprint density at radius 2 is 1.80 bits per heavy atom. The Morgan fingerprint density at radius 3 is 2.56 bits per heavy atom. The van der Waals surface area contributed by atoms with Crippen molar-refractivity contribution in [2.75, 3.05) is 26.2 Å². The average Bonchev–Trinajstić information content (AvgIpc) is 2.66. The van der Waals surface area contributed by atoms with Crippen LogP contribution in [0.15, 0.2) is 24.3 Å². The van der Waals surface area contributed by atoms with Crippen molar-refractivity contribution in [2.45, 2.75) is 32.7 Å². The molecule has 134 valence electrons. The Labute approximate surface area is 147 Å². The number of amides is 2. The van der Waals surface area contributed by atoms with Gasteiger partial charge in [0.15, 0.2) is 0 Å². The second-order valence-electron chi connectivity index (χ2n) is 6.59. The van der Waals surface area contributed by atoms with Crippen LogP contribution in [0.1, 0.15) is 30.9 Å². The molecule has 0 spiro atoms. The SMILES string of the molecule is CCOC(=O)C1CCCN(C(=O)C(=O)N2CCc3ccccc3C2)C1. The van der Waals surface area contributed by atoms with E-state index in [1.807, 2.05) is 18.2 Å². The van der Waals surface area contributed by atoms with Gasteiger partial charge >= 0.3 is 17.8 Å². The number of fused-ring (bicyclic) bond motifs is 1. The van der Waals surface area contributed by atoms with Crippen LogP contribution in [0.2, 0.25) is 0 Å². The van der Waals surface area contributed by atoms with Crippen LogP contribution in [-0.2, 0) is 32.1 Å². The predicted octanol–water partition coefficient (Wildman–Crippen LogP) is 1.37. The average molecular weight is 344 g/mol. The Bertz CT molecular complexity index is 673. The minimum atomic E-state index is -0.506. The molecule has 0 N–H and O–H groups in total. The third-order valence-electron chi connectivity index (χ3n) is 4.93. The number of benzene rings is 1. The summed E-state index contributed by atoms with van der Waals surface area (Å²) in [4.78, 5) is 40.3. The Kier molecular flexibility index (Phi) is 5.36. The van der Waals surface area contributed by atoms with Gasteiger partial charge in [0.2, 0.25) is 0 Å². The van der Waals surface area contributed by atoms with Crippen LogP contribution in [0.5, 0.6) is 0 Å². The fourth-order valence-electron chi connectivity index (χ4n) is 3.55. The third-order valence-corrected chi connectivity index (χ3v) is 4.93. The summed E-state index contributed by atoms with van der Waals surface area (Å²) in [5, 5.41) is 0. The molecule has 25 heavy (non-hydrogen) atoms. The third kappa shape index (κ3) is 3.83. The van der Waals surface area contributed by atoms with Crippen molar-refractivity contribution in [3.63, 3.8) is 0 Å². The summed E-state index contributed by atoms with van der Waals surface area (Å²) >= 11 is 0. The van der Waals surface area contributed by atoms with E-state index in [0.29, 0.717) is 39.1 Å². The van der Waals surface area contributed by atoms with Gasteiger partial charge in [-0.15, -0.1) is 0 Å². The van der Waals surface area contributed by atoms with Gasteiger partial charge in [-0.25, -0.2) is 0 Å². The summed E-state index contributed by atoms with van der Waals surface area (Å²) in [6.07, 6.45) is 2.18. The molecule has 2 heterocycles. The summed E-state index contributed by atoms with van der Waals surface area (Å²) in [5.74, 6) is -1.58. The lowest BCUT2D eigenvalue weighted by Crippen LogP contribution is -2.50. The number of nitrogens with zero attached hydrogens (tertiary/aromatic N) is 2. The van der Waals surface area contributed by atoms with Gasteiger partial charge in [-0.3, -0.25) is 14.4 Å². The molecule has 0 aliphatic carbocycles. The quantitative estimate of drug-likeness (QED) is 0.600. The number of hydrogen-bond acceptors (Lipinski definition) is 4. The molecule has 1 aromatic rings. The normalized spacial score (nSPS) is 20.0. The van der Waals surface area contributed by atoms with Gasteiger partial charge in [-0.05, 0) is 37.3 Å². The van der Waals surface area contributed by atoms with Crippen LogP contribution < -0.4 is 0 Å². The van der Waals surface area contributed by atoms with Crippen molar-refractivity contribution in [3.8, 4) is 0 Å². The van der Waals surface area contributed by atoms with Crippen LogP contribution in [0.25, 0.3) is 0 Å². The van der Waals surface area contributed by atoms with E-state index in [9.17, 15) is 14.4 Å². The molecular formula is C19H24N2O4. The van der Waals surface area contributed by atoms with Gasteiger partial charge in [0.25, 0.3) is 0 Å². The second kappa shape index (κ2) is 7.68. The molecule has 2 aliphatic heterocycles. The zero-order chi connectivity index (χ0) is 17.8. The molecule has 2 amide bonds. The molecule has 2 aliphatic rings. The molecule has 0 radical (unpaired) electrons. The number of ether oxygens (including phenoxy) is 1. The van der Waals surface area contributed by atoms with Gasteiger partial charge in [0.05, 0.1) is 12.5 Å². The number of rotatable bonds is 2. The maximum absolute atomic E-state index is 12.6. The van der Waals surface area contributed by atoms with Crippen LogP contribution in [-0.4, -0.2) is 53.8 Å². The zero-order valence-electron chi connectivity index (χ0n) is 14.6. The number of piperidine rings is 1. The van der Waals surface area contributed by atoms with E-state index < -0.39 is 11.8 Å². The minimum absolute atomic E-state index is 0.272. The van der Waals surface area contributed by atoms with E-state index in [1.54, 1.807) is 11.8 Å². The lowest BCUT2D eigenvalue weighted by Gasteiger charge is -2.34. The zero-order valence-corrected chi connectivity index (χ0v) is 14.6. The van der Waals surface area contributed by atoms with Gasteiger partial charge in [0.1, 0.15) is 0 Å². The molecule has 6 heteroatoms. The largest absolute Gasteiger partial charge is 0.466 e. The highest BCUT2D eigenvalue weighted by molar-refractivity contribution is 6.34. The molecule has 1 saturated heterocycles. The Hall–Kier alpha value is -2.37. The summed E-state index contributed by atoms with van der Waals surface area (Å²) in [5.41, 5.74) is 2.33. The predicted molar refractivity (Wildman–Crippen MR) is 91.5 cm³/mol. The Balaban J connectivity index is 1.63. The van der Waals surface area contributed by atoms with Gasteiger partial charge in [-0.1, -0.05) is 24.3 Å². The standard InChI is InChI=1S/C19H24N2O4/c1-2-25-19(24)16-8-5-10-20(13-16)17(22)18(23)21-11-9-14-6-3-4-7-15(14)12-21/h3-4,6-7,16H,2,5,8-13H2,1H3. The van der Waals surface area contributed by atoms with E-state index in [-0.39, 0.29) is 18.4 Å². The first-order valence-electron chi connectivity index (χ1n) is 8.91. The fourth-order valence-corrected chi connectivity index (χ4v) is 3.55. The van der Waals surface area contributed by atoms with Crippen molar-refractivity contribution >= 4 is 17.8 Å². The van der Waals surface area contributed by atoms with Gasteiger partial charge in [0, 0.05) is 26.2 Å². The highest BCUT2D eigenvalue weighted by atomic mass is 16.5. The van der Waals surface area contributed by atoms with Crippen LogP contribution in [0, 0.1) is 5.92 Å². The molecule has 1 atom stereocenters. The van der Waals surface area contributed by atoms with E-state index in [1.165, 1.54) is 10.5 Å². The molecule has 1 aromatic carbocycles. The molecular weight excluding hydrogens is 320 g/mol. The number of esters is 1. The van der Waals surface area contributed by atoms with Crippen LogP contribution in [0.3, 0.4) is 0 Å². The van der Waals surface area contributed by atoms with Gasteiger partial charge in [-0.2, -0.15) is 0 Å². The van der Waals surface area contributed by atoms with E-state index in [2.05, 4.69) is 6.07 Å². The number of hydrogen-bond donors (Lipinski definition) is 0.